The molecule has 1 aromatic carbocycles. The lowest BCUT2D eigenvalue weighted by atomic mass is 9.94. The number of nitrogens with one attached hydrogen (secondary N) is 1. The summed E-state index contributed by atoms with van der Waals surface area (Å²) < 4.78 is 51.0. The number of halogens is 3. The number of amides is 2. The number of anilines is 1. The molecule has 10 heteroatoms. The predicted octanol–water partition coefficient (Wildman–Crippen LogP) is 3.18. The first-order valence-electron chi connectivity index (χ1n) is 9.47. The number of nitrogens with zero attached hydrogens (tertiary/aromatic N) is 2. The van der Waals surface area contributed by atoms with Crippen LogP contribution in [0, 0.1) is 0 Å². The van der Waals surface area contributed by atoms with Gasteiger partial charge >= 0.3 is 6.18 Å². The molecule has 0 spiro atoms. The van der Waals surface area contributed by atoms with E-state index in [0.717, 1.165) is 13.0 Å². The molecule has 0 saturated heterocycles. The molecular weight excluding hydrogens is 415 g/mol. The van der Waals surface area contributed by atoms with Crippen molar-refractivity contribution in [2.75, 3.05) is 18.6 Å². The molecule has 0 fully saturated rings. The Kier molecular flexibility index (Phi) is 6.21. The van der Waals surface area contributed by atoms with Gasteiger partial charge in [-0.05, 0) is 32.0 Å². The average Bonchev–Trinajstić information content (AvgIpc) is 3.09. The summed E-state index contributed by atoms with van der Waals surface area (Å²) in [4.78, 5) is 28.9. The SMILES string of the molecule is C[C@H](COc1ccccc1N(C)C=O)NC(=O)c1cc2c(cn1)COC2(C)C(F)(F)F. The highest BCUT2D eigenvalue weighted by Crippen LogP contribution is 2.47. The molecule has 166 valence electrons. The van der Waals surface area contributed by atoms with Crippen LogP contribution in [0.5, 0.6) is 5.75 Å². The third kappa shape index (κ3) is 4.48. The highest BCUT2D eigenvalue weighted by molar-refractivity contribution is 5.92. The van der Waals surface area contributed by atoms with Gasteiger partial charge in [0.1, 0.15) is 18.1 Å². The van der Waals surface area contributed by atoms with Crippen LogP contribution in [0.4, 0.5) is 18.9 Å². The van der Waals surface area contributed by atoms with E-state index >= 15 is 0 Å². The molecule has 2 aromatic rings. The second-order valence-corrected chi connectivity index (χ2v) is 7.42. The number of benzene rings is 1. The Morgan fingerprint density at radius 3 is 2.81 bits per heavy atom. The molecular formula is C21H22F3N3O4. The molecule has 2 heterocycles. The van der Waals surface area contributed by atoms with Crippen molar-refractivity contribution in [1.82, 2.24) is 10.3 Å². The van der Waals surface area contributed by atoms with Crippen molar-refractivity contribution in [2.24, 2.45) is 0 Å². The molecule has 0 radical (unpaired) electrons. The van der Waals surface area contributed by atoms with Crippen LogP contribution in [0.15, 0.2) is 36.5 Å². The van der Waals surface area contributed by atoms with Crippen LogP contribution >= 0.6 is 0 Å². The number of aromatic nitrogens is 1. The molecule has 1 N–H and O–H groups in total. The van der Waals surface area contributed by atoms with Crippen LogP contribution in [0.1, 0.15) is 35.5 Å². The lowest BCUT2D eigenvalue weighted by Gasteiger charge is -2.27. The maximum absolute atomic E-state index is 13.5. The van der Waals surface area contributed by atoms with Crippen molar-refractivity contribution in [1.29, 1.82) is 0 Å². The fraction of sp³-hybridized carbons (Fsp3) is 0.381. The molecule has 0 saturated carbocycles. The van der Waals surface area contributed by atoms with Crippen LogP contribution in [-0.4, -0.2) is 43.2 Å². The first-order valence-corrected chi connectivity index (χ1v) is 9.47. The number of ether oxygens (including phenoxy) is 2. The number of hydrogen-bond acceptors (Lipinski definition) is 5. The van der Waals surface area contributed by atoms with Gasteiger partial charge < -0.3 is 19.7 Å². The predicted molar refractivity (Wildman–Crippen MR) is 106 cm³/mol. The minimum atomic E-state index is -4.63. The van der Waals surface area contributed by atoms with Crippen molar-refractivity contribution in [3.63, 3.8) is 0 Å². The number of carbonyl (C=O) groups excluding carboxylic acids is 2. The van der Waals surface area contributed by atoms with Crippen LogP contribution in [0.25, 0.3) is 0 Å². The van der Waals surface area contributed by atoms with E-state index in [1.54, 1.807) is 38.2 Å². The molecule has 0 aliphatic carbocycles. The van der Waals surface area contributed by atoms with Gasteiger partial charge in [-0.3, -0.25) is 14.6 Å². The summed E-state index contributed by atoms with van der Waals surface area (Å²) >= 11 is 0. The monoisotopic (exact) mass is 437 g/mol. The van der Waals surface area contributed by atoms with Crippen molar-refractivity contribution < 1.29 is 32.2 Å². The highest BCUT2D eigenvalue weighted by atomic mass is 19.4. The van der Waals surface area contributed by atoms with Gasteiger partial charge in [0, 0.05) is 24.4 Å². The van der Waals surface area contributed by atoms with Gasteiger partial charge in [-0.1, -0.05) is 12.1 Å². The molecule has 31 heavy (non-hydrogen) atoms. The fourth-order valence-corrected chi connectivity index (χ4v) is 3.18. The van der Waals surface area contributed by atoms with Crippen molar-refractivity contribution in [2.45, 2.75) is 38.3 Å². The third-order valence-corrected chi connectivity index (χ3v) is 5.06. The minimum Gasteiger partial charge on any atom is -0.489 e. The zero-order valence-electron chi connectivity index (χ0n) is 17.2. The van der Waals surface area contributed by atoms with Gasteiger partial charge in [0.2, 0.25) is 6.41 Å². The Hall–Kier alpha value is -3.14. The van der Waals surface area contributed by atoms with Crippen LogP contribution < -0.4 is 15.0 Å². The summed E-state index contributed by atoms with van der Waals surface area (Å²) in [7, 11) is 1.58. The first-order chi connectivity index (χ1) is 14.6. The van der Waals surface area contributed by atoms with Gasteiger partial charge in [0.15, 0.2) is 5.60 Å². The fourth-order valence-electron chi connectivity index (χ4n) is 3.18. The summed E-state index contributed by atoms with van der Waals surface area (Å²) in [6.07, 6.45) is -2.75. The molecule has 0 bridgehead atoms. The summed E-state index contributed by atoms with van der Waals surface area (Å²) in [5.74, 6) is -0.180. The summed E-state index contributed by atoms with van der Waals surface area (Å²) in [6, 6.07) is 7.53. The molecule has 1 aromatic heterocycles. The van der Waals surface area contributed by atoms with E-state index in [1.165, 1.54) is 11.1 Å². The topological polar surface area (TPSA) is 80.8 Å². The molecule has 3 rings (SSSR count). The number of carbonyl (C=O) groups is 2. The highest BCUT2D eigenvalue weighted by Gasteiger charge is 2.57. The second kappa shape index (κ2) is 8.54. The van der Waals surface area contributed by atoms with E-state index in [1.807, 2.05) is 0 Å². The lowest BCUT2D eigenvalue weighted by Crippen LogP contribution is -2.40. The van der Waals surface area contributed by atoms with Gasteiger partial charge in [-0.25, -0.2) is 0 Å². The van der Waals surface area contributed by atoms with E-state index < -0.39 is 23.7 Å². The van der Waals surface area contributed by atoms with Gasteiger partial charge in [-0.2, -0.15) is 13.2 Å². The van der Waals surface area contributed by atoms with Crippen molar-refractivity contribution >= 4 is 18.0 Å². The summed E-state index contributed by atoms with van der Waals surface area (Å²) in [5.41, 5.74) is -1.89. The first kappa shape index (κ1) is 22.5. The van der Waals surface area contributed by atoms with E-state index in [2.05, 4.69) is 10.3 Å². The average molecular weight is 437 g/mol. The van der Waals surface area contributed by atoms with E-state index in [4.69, 9.17) is 9.47 Å². The van der Waals surface area contributed by atoms with Crippen LogP contribution in [-0.2, 0) is 21.7 Å². The number of fused-ring (bicyclic) bond motifs is 1. The van der Waals surface area contributed by atoms with E-state index in [-0.39, 0.29) is 24.5 Å². The zero-order valence-corrected chi connectivity index (χ0v) is 17.2. The van der Waals surface area contributed by atoms with Crippen molar-refractivity contribution in [3.8, 4) is 5.75 Å². The van der Waals surface area contributed by atoms with E-state index in [9.17, 15) is 22.8 Å². The van der Waals surface area contributed by atoms with Gasteiger partial charge in [0.25, 0.3) is 5.91 Å². The molecule has 2 atom stereocenters. The summed E-state index contributed by atoms with van der Waals surface area (Å²) in [6.45, 7) is 2.47. The lowest BCUT2D eigenvalue weighted by molar-refractivity contribution is -0.272. The molecule has 1 unspecified atom stereocenters. The molecule has 2 amide bonds. The number of hydrogen-bond donors (Lipinski definition) is 1. The smallest absolute Gasteiger partial charge is 0.421 e. The van der Waals surface area contributed by atoms with Crippen LogP contribution in [0.3, 0.4) is 0 Å². The molecule has 1 aliphatic heterocycles. The van der Waals surface area contributed by atoms with Gasteiger partial charge in [-0.15, -0.1) is 0 Å². The minimum absolute atomic E-state index is 0.0732. The van der Waals surface area contributed by atoms with Crippen LogP contribution in [0.2, 0.25) is 0 Å². The molecule has 7 nitrogen and oxygen atoms in total. The number of pyridine rings is 1. The Bertz CT molecular complexity index is 983. The Labute approximate surface area is 177 Å². The third-order valence-electron chi connectivity index (χ3n) is 5.06. The maximum atomic E-state index is 13.5. The largest absolute Gasteiger partial charge is 0.489 e. The summed E-state index contributed by atoms with van der Waals surface area (Å²) in [5, 5.41) is 2.65. The maximum Gasteiger partial charge on any atom is 0.421 e. The normalized spacial score (nSPS) is 18.8. The Morgan fingerprint density at radius 1 is 1.42 bits per heavy atom. The standard InChI is InChI=1S/C21H22F3N3O4/c1-13(10-30-18-7-5-4-6-17(18)27(3)12-28)26-19(29)16-8-15-14(9-25-16)11-31-20(15,2)21(22,23)24/h4-9,12-13H,10-11H2,1-3H3,(H,26,29)/t13-,20?/m1/s1. The number of rotatable bonds is 7. The second-order valence-electron chi connectivity index (χ2n) is 7.42. The molecule has 1 aliphatic rings. The number of alkyl halides is 3. The quantitative estimate of drug-likeness (QED) is 0.673. The zero-order chi connectivity index (χ0) is 22.8. The number of para-hydroxylation sites is 2. The Morgan fingerprint density at radius 2 is 2.13 bits per heavy atom. The van der Waals surface area contributed by atoms with Gasteiger partial charge in [0.05, 0.1) is 18.3 Å². The van der Waals surface area contributed by atoms with E-state index in [0.29, 0.717) is 23.4 Å². The van der Waals surface area contributed by atoms with Crippen molar-refractivity contribution in [3.05, 3.63) is 53.3 Å². The Balaban J connectivity index is 1.68.